The zero-order chi connectivity index (χ0) is 7.28. The highest BCUT2D eigenvalue weighted by Gasteiger charge is 1.99. The normalized spacial score (nSPS) is 8.67. The number of carbonyl (C=O) groups excluding carboxylic acids is 1. The molecule has 2 heteroatoms. The second-order valence-corrected chi connectivity index (χ2v) is 1.82. The van der Waals surface area contributed by atoms with E-state index in [1.54, 1.807) is 0 Å². The number of rotatable bonds is 3. The van der Waals surface area contributed by atoms with Gasteiger partial charge in [0, 0.05) is 12.1 Å². The lowest BCUT2D eigenvalue weighted by atomic mass is 10.2. The molecule has 0 aliphatic rings. The van der Waals surface area contributed by atoms with E-state index in [0.717, 1.165) is 6.42 Å². The van der Waals surface area contributed by atoms with Crippen molar-refractivity contribution in [3.05, 3.63) is 12.2 Å². The smallest absolute Gasteiger partial charge is 0.246 e. The monoisotopic (exact) mass is 127 g/mol. The fourth-order valence-electron chi connectivity index (χ4n) is 0.446. The number of hydrogen-bond donors (Lipinski definition) is 1. The van der Waals surface area contributed by atoms with Crippen molar-refractivity contribution in [1.29, 1.82) is 0 Å². The van der Waals surface area contributed by atoms with Crippen molar-refractivity contribution in [2.75, 3.05) is 6.54 Å². The van der Waals surface area contributed by atoms with E-state index < -0.39 is 0 Å². The zero-order valence-corrected chi connectivity index (χ0v) is 6.03. The molecule has 1 amide bonds. The number of likely N-dealkylation sites (N-methyl/N-ethyl adjacent to an activating group) is 1. The van der Waals surface area contributed by atoms with E-state index in [0.29, 0.717) is 12.1 Å². The SMILES string of the molecule is C=C(CC)C(=O)NCC. The molecule has 0 aromatic heterocycles. The molecule has 0 atom stereocenters. The summed E-state index contributed by atoms with van der Waals surface area (Å²) in [5.41, 5.74) is 0.650. The summed E-state index contributed by atoms with van der Waals surface area (Å²) in [5.74, 6) is -0.0278. The Morgan fingerprint density at radius 2 is 2.11 bits per heavy atom. The molecule has 1 N–H and O–H groups in total. The first-order valence-corrected chi connectivity index (χ1v) is 3.18. The molecule has 0 aromatic rings. The Kier molecular flexibility index (Phi) is 3.76. The summed E-state index contributed by atoms with van der Waals surface area (Å²) in [4.78, 5) is 10.8. The largest absolute Gasteiger partial charge is 0.353 e. The summed E-state index contributed by atoms with van der Waals surface area (Å²) in [5, 5.41) is 2.66. The molecular weight excluding hydrogens is 114 g/mol. The Morgan fingerprint density at radius 1 is 1.56 bits per heavy atom. The quantitative estimate of drug-likeness (QED) is 0.565. The van der Waals surface area contributed by atoms with Crippen molar-refractivity contribution < 1.29 is 4.79 Å². The van der Waals surface area contributed by atoms with E-state index >= 15 is 0 Å². The molecule has 0 bridgehead atoms. The number of amides is 1. The van der Waals surface area contributed by atoms with Gasteiger partial charge in [-0.1, -0.05) is 13.5 Å². The van der Waals surface area contributed by atoms with Crippen molar-refractivity contribution in [2.45, 2.75) is 20.3 Å². The van der Waals surface area contributed by atoms with Crippen molar-refractivity contribution in [3.63, 3.8) is 0 Å². The molecule has 0 radical (unpaired) electrons. The Balaban J connectivity index is 3.60. The van der Waals surface area contributed by atoms with E-state index in [2.05, 4.69) is 11.9 Å². The first-order chi connectivity index (χ1) is 4.22. The van der Waals surface area contributed by atoms with Crippen molar-refractivity contribution in [1.82, 2.24) is 5.32 Å². The molecule has 0 aromatic carbocycles. The van der Waals surface area contributed by atoms with E-state index in [1.807, 2.05) is 13.8 Å². The third kappa shape index (κ3) is 2.90. The molecule has 0 saturated heterocycles. The van der Waals surface area contributed by atoms with Crippen molar-refractivity contribution >= 4 is 5.91 Å². The molecule has 0 aliphatic heterocycles. The van der Waals surface area contributed by atoms with Crippen molar-refractivity contribution in [2.24, 2.45) is 0 Å². The van der Waals surface area contributed by atoms with Gasteiger partial charge in [0.15, 0.2) is 0 Å². The Labute approximate surface area is 56.0 Å². The van der Waals surface area contributed by atoms with Gasteiger partial charge in [-0.2, -0.15) is 0 Å². The molecule has 0 saturated carbocycles. The fourth-order valence-corrected chi connectivity index (χ4v) is 0.446. The summed E-state index contributed by atoms with van der Waals surface area (Å²) >= 11 is 0. The summed E-state index contributed by atoms with van der Waals surface area (Å²) in [6, 6.07) is 0. The Morgan fingerprint density at radius 3 is 2.44 bits per heavy atom. The van der Waals surface area contributed by atoms with E-state index in [4.69, 9.17) is 0 Å². The van der Waals surface area contributed by atoms with Crippen LogP contribution in [0.5, 0.6) is 0 Å². The highest BCUT2D eigenvalue weighted by atomic mass is 16.1. The van der Waals surface area contributed by atoms with Crippen LogP contribution in [0.15, 0.2) is 12.2 Å². The van der Waals surface area contributed by atoms with Crippen LogP contribution in [0.25, 0.3) is 0 Å². The molecule has 0 unspecified atom stereocenters. The number of carbonyl (C=O) groups is 1. The van der Waals surface area contributed by atoms with Gasteiger partial charge in [0.2, 0.25) is 5.91 Å². The summed E-state index contributed by atoms with van der Waals surface area (Å²) in [6.45, 7) is 8.06. The van der Waals surface area contributed by atoms with Crippen LogP contribution < -0.4 is 5.32 Å². The standard InChI is InChI=1S/C7H13NO/c1-4-6(3)7(9)8-5-2/h3-5H2,1-2H3,(H,8,9). The molecule has 2 nitrogen and oxygen atoms in total. The molecule has 9 heavy (non-hydrogen) atoms. The minimum atomic E-state index is -0.0278. The minimum Gasteiger partial charge on any atom is -0.353 e. The van der Waals surface area contributed by atoms with Gasteiger partial charge in [-0.05, 0) is 13.3 Å². The molecule has 0 heterocycles. The van der Waals surface area contributed by atoms with Crippen LogP contribution in [0.4, 0.5) is 0 Å². The van der Waals surface area contributed by atoms with Gasteiger partial charge in [-0.25, -0.2) is 0 Å². The number of hydrogen-bond acceptors (Lipinski definition) is 1. The lowest BCUT2D eigenvalue weighted by Crippen LogP contribution is -2.23. The molecule has 0 spiro atoms. The maximum absolute atomic E-state index is 10.8. The average Bonchev–Trinajstić information content (AvgIpc) is 1.87. The average molecular weight is 127 g/mol. The van der Waals surface area contributed by atoms with Gasteiger partial charge in [0.05, 0.1) is 0 Å². The zero-order valence-electron chi connectivity index (χ0n) is 6.03. The van der Waals surface area contributed by atoms with Crippen molar-refractivity contribution in [3.8, 4) is 0 Å². The van der Waals surface area contributed by atoms with Gasteiger partial charge in [-0.15, -0.1) is 0 Å². The van der Waals surface area contributed by atoms with Gasteiger partial charge < -0.3 is 5.32 Å². The number of nitrogens with one attached hydrogen (secondary N) is 1. The van der Waals surface area contributed by atoms with Crippen LogP contribution in [-0.2, 0) is 4.79 Å². The second-order valence-electron chi connectivity index (χ2n) is 1.82. The van der Waals surface area contributed by atoms with Crippen LogP contribution in [0.3, 0.4) is 0 Å². The van der Waals surface area contributed by atoms with Gasteiger partial charge >= 0.3 is 0 Å². The van der Waals surface area contributed by atoms with E-state index in [9.17, 15) is 4.79 Å². The summed E-state index contributed by atoms with van der Waals surface area (Å²) in [7, 11) is 0. The summed E-state index contributed by atoms with van der Waals surface area (Å²) < 4.78 is 0. The first kappa shape index (κ1) is 8.21. The third-order valence-electron chi connectivity index (χ3n) is 1.09. The molecule has 52 valence electrons. The lowest BCUT2D eigenvalue weighted by Gasteiger charge is -2.00. The van der Waals surface area contributed by atoms with Crippen LogP contribution in [0.2, 0.25) is 0 Å². The van der Waals surface area contributed by atoms with Gasteiger partial charge in [-0.3, -0.25) is 4.79 Å². The van der Waals surface area contributed by atoms with Crippen LogP contribution in [0, 0.1) is 0 Å². The van der Waals surface area contributed by atoms with E-state index in [1.165, 1.54) is 0 Å². The fraction of sp³-hybridized carbons (Fsp3) is 0.571. The third-order valence-corrected chi connectivity index (χ3v) is 1.09. The Bertz CT molecular complexity index is 118. The van der Waals surface area contributed by atoms with Gasteiger partial charge in [0.1, 0.15) is 0 Å². The lowest BCUT2D eigenvalue weighted by molar-refractivity contribution is -0.117. The van der Waals surface area contributed by atoms with E-state index in [-0.39, 0.29) is 5.91 Å². The molecule has 0 rings (SSSR count). The highest BCUT2D eigenvalue weighted by molar-refractivity contribution is 5.92. The predicted octanol–water partition coefficient (Wildman–Crippen LogP) is 1.09. The molecule has 0 aliphatic carbocycles. The second kappa shape index (κ2) is 4.13. The Hall–Kier alpha value is -0.790. The topological polar surface area (TPSA) is 29.1 Å². The van der Waals surface area contributed by atoms with Crippen LogP contribution in [-0.4, -0.2) is 12.5 Å². The maximum atomic E-state index is 10.8. The molecule has 0 fully saturated rings. The molecular formula is C7H13NO. The minimum absolute atomic E-state index is 0.0278. The van der Waals surface area contributed by atoms with Gasteiger partial charge in [0.25, 0.3) is 0 Å². The highest BCUT2D eigenvalue weighted by Crippen LogP contribution is 1.93. The first-order valence-electron chi connectivity index (χ1n) is 3.18. The van der Waals surface area contributed by atoms with Crippen LogP contribution >= 0.6 is 0 Å². The predicted molar refractivity (Wildman–Crippen MR) is 38.1 cm³/mol. The van der Waals surface area contributed by atoms with Crippen LogP contribution in [0.1, 0.15) is 20.3 Å². The maximum Gasteiger partial charge on any atom is 0.246 e. The summed E-state index contributed by atoms with van der Waals surface area (Å²) in [6.07, 6.45) is 0.728.